The fourth-order valence-corrected chi connectivity index (χ4v) is 2.58. The number of benzene rings is 1. The fraction of sp³-hybridized carbons (Fsp3) is 0.550. The summed E-state index contributed by atoms with van der Waals surface area (Å²) >= 11 is 0. The SMILES string of the molecule is COC(=O)NC(C(=O)N[C@@H](Cc1ccccc1)C(=O)C(C)C)C(C)(C)C. The number of amides is 2. The van der Waals surface area contributed by atoms with Gasteiger partial charge in [-0.1, -0.05) is 65.0 Å². The molecule has 1 unspecified atom stereocenters. The fourth-order valence-electron chi connectivity index (χ4n) is 2.58. The van der Waals surface area contributed by atoms with E-state index in [1.54, 1.807) is 13.8 Å². The number of ether oxygens (including phenoxy) is 1. The number of alkyl carbamates (subject to hydrolysis) is 1. The van der Waals surface area contributed by atoms with Gasteiger partial charge in [-0.25, -0.2) is 4.79 Å². The van der Waals surface area contributed by atoms with Crippen LogP contribution in [0.2, 0.25) is 0 Å². The Kier molecular flexibility index (Phi) is 7.80. The zero-order valence-corrected chi connectivity index (χ0v) is 16.5. The summed E-state index contributed by atoms with van der Waals surface area (Å²) in [5.41, 5.74) is 0.413. The second-order valence-corrected chi connectivity index (χ2v) is 7.74. The summed E-state index contributed by atoms with van der Waals surface area (Å²) in [5, 5.41) is 5.38. The maximum absolute atomic E-state index is 12.8. The highest BCUT2D eigenvalue weighted by molar-refractivity contribution is 5.93. The van der Waals surface area contributed by atoms with Crippen LogP contribution in [0.1, 0.15) is 40.2 Å². The van der Waals surface area contributed by atoms with E-state index in [1.807, 2.05) is 51.1 Å². The van der Waals surface area contributed by atoms with Gasteiger partial charge in [0.1, 0.15) is 6.04 Å². The van der Waals surface area contributed by atoms with Gasteiger partial charge in [0.15, 0.2) is 5.78 Å². The van der Waals surface area contributed by atoms with E-state index in [2.05, 4.69) is 15.4 Å². The van der Waals surface area contributed by atoms with Crippen molar-refractivity contribution in [3.63, 3.8) is 0 Å². The van der Waals surface area contributed by atoms with Crippen LogP contribution in [0.3, 0.4) is 0 Å². The Balaban J connectivity index is 3.01. The monoisotopic (exact) mass is 362 g/mol. The number of ketones is 1. The summed E-state index contributed by atoms with van der Waals surface area (Å²) in [4.78, 5) is 37.1. The van der Waals surface area contributed by atoms with Gasteiger partial charge in [0.05, 0.1) is 13.2 Å². The predicted molar refractivity (Wildman–Crippen MR) is 101 cm³/mol. The topological polar surface area (TPSA) is 84.5 Å². The number of carbonyl (C=O) groups excluding carboxylic acids is 3. The second kappa shape index (κ2) is 9.36. The van der Waals surface area contributed by atoms with Crippen LogP contribution in [0.15, 0.2) is 30.3 Å². The van der Waals surface area contributed by atoms with E-state index in [-0.39, 0.29) is 11.7 Å². The van der Waals surface area contributed by atoms with Crippen molar-refractivity contribution in [3.8, 4) is 0 Å². The van der Waals surface area contributed by atoms with Gasteiger partial charge in [0.2, 0.25) is 5.91 Å². The molecule has 2 atom stereocenters. The molecule has 0 bridgehead atoms. The smallest absolute Gasteiger partial charge is 0.407 e. The average Bonchev–Trinajstić information content (AvgIpc) is 2.57. The third-order valence-corrected chi connectivity index (χ3v) is 4.09. The summed E-state index contributed by atoms with van der Waals surface area (Å²) in [6.07, 6.45) is -0.284. The molecule has 6 heteroatoms. The summed E-state index contributed by atoms with van der Waals surface area (Å²) in [6.45, 7) is 9.12. The van der Waals surface area contributed by atoms with Crippen molar-refractivity contribution in [1.82, 2.24) is 10.6 Å². The highest BCUT2D eigenvalue weighted by Gasteiger charge is 2.35. The molecule has 1 aromatic rings. The predicted octanol–water partition coefficient (Wildman–Crippen LogP) is 2.71. The van der Waals surface area contributed by atoms with Gasteiger partial charge >= 0.3 is 6.09 Å². The van der Waals surface area contributed by atoms with E-state index in [0.29, 0.717) is 6.42 Å². The molecule has 2 N–H and O–H groups in total. The Morgan fingerprint density at radius 2 is 1.62 bits per heavy atom. The van der Waals surface area contributed by atoms with Crippen molar-refractivity contribution in [1.29, 1.82) is 0 Å². The highest BCUT2D eigenvalue weighted by Crippen LogP contribution is 2.20. The van der Waals surface area contributed by atoms with Gasteiger partial charge in [-0.3, -0.25) is 9.59 Å². The van der Waals surface area contributed by atoms with Crippen molar-refractivity contribution in [2.24, 2.45) is 11.3 Å². The third-order valence-electron chi connectivity index (χ3n) is 4.09. The van der Waals surface area contributed by atoms with Crippen LogP contribution >= 0.6 is 0 Å². The van der Waals surface area contributed by atoms with Gasteiger partial charge in [-0.15, -0.1) is 0 Å². The number of nitrogens with one attached hydrogen (secondary N) is 2. The van der Waals surface area contributed by atoms with E-state index in [4.69, 9.17) is 0 Å². The van der Waals surface area contributed by atoms with Crippen molar-refractivity contribution >= 4 is 17.8 Å². The van der Waals surface area contributed by atoms with Crippen LogP contribution in [0.4, 0.5) is 4.79 Å². The van der Waals surface area contributed by atoms with Gasteiger partial charge in [-0.05, 0) is 17.4 Å². The molecule has 0 fully saturated rings. The Morgan fingerprint density at radius 1 is 1.04 bits per heavy atom. The van der Waals surface area contributed by atoms with Crippen LogP contribution in [0.25, 0.3) is 0 Å². The molecule has 0 radical (unpaired) electrons. The number of carbonyl (C=O) groups is 3. The average molecular weight is 362 g/mol. The Labute approximate surface area is 155 Å². The molecule has 0 aromatic heterocycles. The van der Waals surface area contributed by atoms with E-state index >= 15 is 0 Å². The highest BCUT2D eigenvalue weighted by atomic mass is 16.5. The minimum Gasteiger partial charge on any atom is -0.453 e. The lowest BCUT2D eigenvalue weighted by Crippen LogP contribution is -2.57. The third kappa shape index (κ3) is 6.50. The zero-order valence-electron chi connectivity index (χ0n) is 16.5. The molecule has 0 saturated carbocycles. The quantitative estimate of drug-likeness (QED) is 0.781. The molecule has 1 aromatic carbocycles. The molecule has 0 aliphatic carbocycles. The van der Waals surface area contributed by atoms with E-state index in [9.17, 15) is 14.4 Å². The van der Waals surface area contributed by atoms with E-state index in [0.717, 1.165) is 5.56 Å². The molecule has 0 saturated heterocycles. The molecular formula is C20H30N2O4. The number of methoxy groups -OCH3 is 1. The van der Waals surface area contributed by atoms with Crippen LogP contribution in [0, 0.1) is 11.3 Å². The van der Waals surface area contributed by atoms with Crippen LogP contribution in [0.5, 0.6) is 0 Å². The van der Waals surface area contributed by atoms with Crippen molar-refractivity contribution in [2.75, 3.05) is 7.11 Å². The molecule has 6 nitrogen and oxygen atoms in total. The maximum atomic E-state index is 12.8. The Bertz CT molecular complexity index is 620. The van der Waals surface area contributed by atoms with Crippen molar-refractivity contribution < 1.29 is 19.1 Å². The lowest BCUT2D eigenvalue weighted by molar-refractivity contribution is -0.131. The minimum atomic E-state index is -0.826. The lowest BCUT2D eigenvalue weighted by Gasteiger charge is -2.31. The standard InChI is InChI=1S/C20H30N2O4/c1-13(2)16(23)15(12-14-10-8-7-9-11-14)21-18(24)17(20(3,4)5)22-19(25)26-6/h7-11,13,15,17H,12H2,1-6H3,(H,21,24)(H,22,25)/t15-,17?/m0/s1. The van der Waals surface area contributed by atoms with E-state index in [1.165, 1.54) is 7.11 Å². The first kappa shape index (κ1) is 21.7. The lowest BCUT2D eigenvalue weighted by atomic mass is 9.85. The first-order chi connectivity index (χ1) is 12.1. The molecule has 2 amide bonds. The number of rotatable bonds is 7. The number of Topliss-reactive ketones (excluding diaryl/α,β-unsaturated/α-hetero) is 1. The van der Waals surface area contributed by atoms with Gasteiger partial charge in [-0.2, -0.15) is 0 Å². The number of hydrogen-bond donors (Lipinski definition) is 2. The van der Waals surface area contributed by atoms with Crippen molar-refractivity contribution in [2.45, 2.75) is 53.1 Å². The molecule has 26 heavy (non-hydrogen) atoms. The summed E-state index contributed by atoms with van der Waals surface area (Å²) < 4.78 is 4.62. The number of hydrogen-bond acceptors (Lipinski definition) is 4. The zero-order chi connectivity index (χ0) is 19.9. The van der Waals surface area contributed by atoms with Crippen molar-refractivity contribution in [3.05, 3.63) is 35.9 Å². The minimum absolute atomic E-state index is 0.0482. The second-order valence-electron chi connectivity index (χ2n) is 7.74. The molecule has 0 aliphatic heterocycles. The molecule has 0 heterocycles. The maximum Gasteiger partial charge on any atom is 0.407 e. The summed E-state index contributed by atoms with van der Waals surface area (Å²) in [5.74, 6) is -0.670. The summed E-state index contributed by atoms with van der Waals surface area (Å²) in [6, 6.07) is 8.04. The van der Waals surface area contributed by atoms with Crippen LogP contribution in [-0.4, -0.2) is 37.0 Å². The molecule has 0 spiro atoms. The van der Waals surface area contributed by atoms with E-state index < -0.39 is 29.5 Å². The summed E-state index contributed by atoms with van der Waals surface area (Å²) in [7, 11) is 1.24. The molecule has 1 rings (SSSR count). The molecular weight excluding hydrogens is 332 g/mol. The first-order valence-corrected chi connectivity index (χ1v) is 8.78. The normalized spacial score (nSPS) is 13.7. The van der Waals surface area contributed by atoms with Gasteiger partial charge < -0.3 is 15.4 Å². The van der Waals surface area contributed by atoms with Crippen LogP contribution in [-0.2, 0) is 20.7 Å². The first-order valence-electron chi connectivity index (χ1n) is 8.78. The molecule has 144 valence electrons. The van der Waals surface area contributed by atoms with Gasteiger partial charge in [0.25, 0.3) is 0 Å². The molecule has 0 aliphatic rings. The van der Waals surface area contributed by atoms with Gasteiger partial charge in [0, 0.05) is 5.92 Å². The Morgan fingerprint density at radius 3 is 2.08 bits per heavy atom. The largest absolute Gasteiger partial charge is 0.453 e. The Hall–Kier alpha value is -2.37. The van der Waals surface area contributed by atoms with Crippen LogP contribution < -0.4 is 10.6 Å².